The number of aliphatic hydroxyl groups excluding tert-OH is 1. The molecule has 0 spiro atoms. The van der Waals surface area contributed by atoms with Crippen LogP contribution in [-0.4, -0.2) is 87.4 Å². The Hall–Kier alpha value is -4.33. The Kier molecular flexibility index (Phi) is 18.9. The van der Waals surface area contributed by atoms with Crippen LogP contribution in [0.2, 0.25) is 5.04 Å². The summed E-state index contributed by atoms with van der Waals surface area (Å²) in [6, 6.07) is 51.9. The molecule has 0 aromatic heterocycles. The van der Waals surface area contributed by atoms with Gasteiger partial charge in [-0.3, -0.25) is 4.79 Å². The zero-order valence-electron chi connectivity index (χ0n) is 43.7. The van der Waals surface area contributed by atoms with E-state index in [1.165, 1.54) is 10.4 Å². The van der Waals surface area contributed by atoms with Crippen LogP contribution in [0.15, 0.2) is 152 Å². The molecular weight excluding hydrogens is 917 g/mol. The molecule has 3 aliphatic rings. The monoisotopic (exact) mass is 997 g/mol. The number of fused-ring (bicyclic) bond motifs is 1. The minimum atomic E-state index is -2.72. The smallest absolute Gasteiger partial charge is 0.261 e. The van der Waals surface area contributed by atoms with Crippen LogP contribution in [0.25, 0.3) is 0 Å². The van der Waals surface area contributed by atoms with Crippen molar-refractivity contribution >= 4 is 24.5 Å². The molecule has 5 aromatic carbocycles. The average Bonchev–Trinajstić information content (AvgIpc) is 3.48. The van der Waals surface area contributed by atoms with E-state index in [0.29, 0.717) is 39.3 Å². The fourth-order valence-electron chi connectivity index (χ4n) is 11.6. The number of rotatable bonds is 19. The minimum absolute atomic E-state index is 0.0212. The second kappa shape index (κ2) is 25.3. The molecule has 0 amide bonds. The molecule has 3 aliphatic heterocycles. The van der Waals surface area contributed by atoms with Crippen molar-refractivity contribution in [3.63, 3.8) is 0 Å². The Labute approximate surface area is 431 Å². The van der Waals surface area contributed by atoms with Gasteiger partial charge in [0.15, 0.2) is 5.78 Å². The molecule has 3 fully saturated rings. The molecule has 0 bridgehead atoms. The summed E-state index contributed by atoms with van der Waals surface area (Å²) < 4.78 is 48.7. The molecule has 1 N–H and O–H groups in total. The van der Waals surface area contributed by atoms with E-state index in [2.05, 4.69) is 114 Å². The first kappa shape index (κ1) is 53.9. The second-order valence-electron chi connectivity index (χ2n) is 22.0. The first-order valence-corrected chi connectivity index (χ1v) is 28.6. The van der Waals surface area contributed by atoms with Gasteiger partial charge in [0.1, 0.15) is 18.3 Å². The molecule has 3 heterocycles. The Morgan fingerprint density at radius 2 is 1.12 bits per heavy atom. The summed E-state index contributed by atoms with van der Waals surface area (Å²) >= 11 is 0. The summed E-state index contributed by atoms with van der Waals surface area (Å²) in [6.07, 6.45) is -1.93. The predicted octanol–water partition coefficient (Wildman–Crippen LogP) is 10.7. The number of hydrogen-bond donors (Lipinski definition) is 1. The Morgan fingerprint density at radius 1 is 0.597 bits per heavy atom. The van der Waals surface area contributed by atoms with Crippen molar-refractivity contribution in [3.8, 4) is 0 Å². The zero-order valence-corrected chi connectivity index (χ0v) is 44.7. The van der Waals surface area contributed by atoms with Crippen LogP contribution in [0.1, 0.15) is 97.3 Å². The number of benzene rings is 5. The lowest BCUT2D eigenvalue weighted by Crippen LogP contribution is -2.66. The summed E-state index contributed by atoms with van der Waals surface area (Å²) in [7, 11) is -2.72. The Balaban J connectivity index is 1.02. The van der Waals surface area contributed by atoms with Gasteiger partial charge in [-0.1, -0.05) is 200 Å². The van der Waals surface area contributed by atoms with Crippen molar-refractivity contribution in [3.05, 3.63) is 168 Å². The van der Waals surface area contributed by atoms with Crippen molar-refractivity contribution in [1.82, 2.24) is 0 Å². The summed E-state index contributed by atoms with van der Waals surface area (Å²) in [5.74, 6) is -0.387. The number of hydrogen-bond acceptors (Lipinski definition) is 9. The van der Waals surface area contributed by atoms with Crippen LogP contribution in [-0.2, 0) is 57.5 Å². The first-order chi connectivity index (χ1) is 34.8. The van der Waals surface area contributed by atoms with Gasteiger partial charge >= 0.3 is 0 Å². The fraction of sp³-hybridized carbons (Fsp3) is 0.500. The molecule has 8 rings (SSSR count). The second-order valence-corrected chi connectivity index (χ2v) is 26.3. The van der Waals surface area contributed by atoms with E-state index in [1.54, 1.807) is 0 Å². The summed E-state index contributed by atoms with van der Waals surface area (Å²) in [6.45, 7) is 17.5. The summed E-state index contributed by atoms with van der Waals surface area (Å²) in [5, 5.41) is 14.4. The van der Waals surface area contributed by atoms with Crippen molar-refractivity contribution in [1.29, 1.82) is 0 Å². The largest absolute Gasteiger partial charge is 0.407 e. The van der Waals surface area contributed by atoms with Crippen molar-refractivity contribution < 1.29 is 42.7 Å². The molecule has 0 aliphatic carbocycles. The molecule has 10 heteroatoms. The quantitative estimate of drug-likeness (QED) is 0.0640. The highest BCUT2D eigenvalue weighted by Crippen LogP contribution is 2.43. The highest BCUT2D eigenvalue weighted by Gasteiger charge is 2.54. The third-order valence-corrected chi connectivity index (χ3v) is 20.8. The van der Waals surface area contributed by atoms with Crippen LogP contribution in [0, 0.1) is 23.7 Å². The van der Waals surface area contributed by atoms with Crippen LogP contribution in [0.4, 0.5) is 0 Å². The number of aliphatic hydroxyl groups is 1. The van der Waals surface area contributed by atoms with Gasteiger partial charge in [-0.2, -0.15) is 0 Å². The van der Waals surface area contributed by atoms with E-state index in [-0.39, 0.29) is 53.8 Å². The van der Waals surface area contributed by atoms with E-state index in [1.807, 2.05) is 85.8 Å². The predicted molar refractivity (Wildman–Crippen MR) is 286 cm³/mol. The molecule has 5 aromatic rings. The molecular formula is C62H80O9Si. The van der Waals surface area contributed by atoms with Crippen LogP contribution < -0.4 is 10.4 Å². The van der Waals surface area contributed by atoms with E-state index in [0.717, 1.165) is 29.5 Å². The highest BCUT2D eigenvalue weighted by molar-refractivity contribution is 6.99. The van der Waals surface area contributed by atoms with Gasteiger partial charge in [0, 0.05) is 18.9 Å². The average molecular weight is 997 g/mol. The van der Waals surface area contributed by atoms with E-state index < -0.39 is 57.0 Å². The maximum Gasteiger partial charge on any atom is 0.261 e. The number of Topliss-reactive ketones (excluding diaryl/α,β-unsaturated/α-hetero) is 1. The lowest BCUT2D eigenvalue weighted by Gasteiger charge is -2.47. The third-order valence-electron chi connectivity index (χ3n) is 15.8. The first-order valence-electron chi connectivity index (χ1n) is 26.7. The number of carbonyl (C=O) groups is 1. The van der Waals surface area contributed by atoms with E-state index >= 15 is 4.79 Å². The summed E-state index contributed by atoms with van der Waals surface area (Å²) in [5.41, 5.74) is 3.15. The van der Waals surface area contributed by atoms with E-state index in [9.17, 15) is 5.11 Å². The van der Waals surface area contributed by atoms with Crippen LogP contribution >= 0.6 is 0 Å². The van der Waals surface area contributed by atoms with Crippen LogP contribution in [0.3, 0.4) is 0 Å². The topological polar surface area (TPSA) is 102 Å². The lowest BCUT2D eigenvalue weighted by atomic mass is 9.77. The molecule has 0 unspecified atom stereocenters. The molecule has 386 valence electrons. The standard InChI is InChI=1S/C62H80O9Si/c1-43-36-52(63)54(69-57(42-65-39-47-24-13-8-14-25-47)55(37-43)66-40-48-26-15-9-16-27-48)38-56-58(64)46(4)59(67-41-49-28-17-10-18-29-49)61-60(71-56)45(3)44(2)53(70-61)34-23-35-68-72(62(5,6)7,50-30-19-11-20-31-50)51-32-21-12-22-33-51/h8-22,24-33,43-46,52-57,59-61,63H,23,34-42H2,1-7H3/t43-,44-,45-,46+,52-,53+,54+,55+,56-,57-,59-,60+,61-/m0/s1. The maximum atomic E-state index is 15.1. The van der Waals surface area contributed by atoms with Crippen molar-refractivity contribution in [2.24, 2.45) is 23.7 Å². The van der Waals surface area contributed by atoms with Gasteiger partial charge in [-0.15, -0.1) is 0 Å². The molecule has 13 atom stereocenters. The highest BCUT2D eigenvalue weighted by atomic mass is 28.4. The summed E-state index contributed by atoms with van der Waals surface area (Å²) in [4.78, 5) is 15.1. The zero-order chi connectivity index (χ0) is 50.7. The van der Waals surface area contributed by atoms with Crippen molar-refractivity contribution in [2.45, 2.75) is 160 Å². The number of carbonyl (C=O) groups excluding carboxylic acids is 1. The van der Waals surface area contributed by atoms with Crippen molar-refractivity contribution in [2.75, 3.05) is 13.2 Å². The Bertz CT molecular complexity index is 2330. The molecule has 0 saturated carbocycles. The van der Waals surface area contributed by atoms with E-state index in [4.69, 9.17) is 32.8 Å². The fourth-order valence-corrected chi connectivity index (χ4v) is 16.2. The van der Waals surface area contributed by atoms with Gasteiger partial charge in [-0.25, -0.2) is 0 Å². The Morgan fingerprint density at radius 3 is 1.68 bits per heavy atom. The van der Waals surface area contributed by atoms with Gasteiger partial charge < -0.3 is 38.0 Å². The van der Waals surface area contributed by atoms with Gasteiger partial charge in [0.05, 0.1) is 63.1 Å². The lowest BCUT2D eigenvalue weighted by molar-refractivity contribution is -0.233. The normalized spacial score (nSPS) is 29.4. The maximum absolute atomic E-state index is 15.1. The SMILES string of the molecule is C[C@H]1C[C@H](O)[C@@H](C[C@@H]2O[C@@H]3[C@@H](C)[C@H](C)[C@@H](CCCO[Si](c4ccccc4)(c4ccccc4)C(C)(C)C)O[C@H]3[C@@H](OCc3ccccc3)[C@H](C)C2=O)O[C@@H](COCc2ccccc2)[C@H](OCc2ccccc2)C1. The third kappa shape index (κ3) is 13.1. The van der Waals surface area contributed by atoms with Gasteiger partial charge in [0.25, 0.3) is 8.32 Å². The van der Waals surface area contributed by atoms with Gasteiger partial charge in [-0.05, 0) is 75.5 Å². The number of ketones is 1. The molecule has 72 heavy (non-hydrogen) atoms. The minimum Gasteiger partial charge on any atom is -0.407 e. The molecule has 3 saturated heterocycles. The molecule has 0 radical (unpaired) electrons. The van der Waals surface area contributed by atoms with Crippen LogP contribution in [0.5, 0.6) is 0 Å². The van der Waals surface area contributed by atoms with Gasteiger partial charge in [0.2, 0.25) is 0 Å². The molecule has 9 nitrogen and oxygen atoms in total. The number of ether oxygens (including phenoxy) is 6.